The molecule has 0 spiro atoms. The van der Waals surface area contributed by atoms with Gasteiger partial charge in [0.05, 0.1) is 18.4 Å². The van der Waals surface area contributed by atoms with Crippen LogP contribution in [0.2, 0.25) is 0 Å². The highest BCUT2D eigenvalue weighted by Crippen LogP contribution is 2.35. The van der Waals surface area contributed by atoms with E-state index in [1.165, 1.54) is 0 Å². The molecule has 1 aliphatic carbocycles. The molecule has 3 atom stereocenters. The fourth-order valence-electron chi connectivity index (χ4n) is 3.62. The summed E-state index contributed by atoms with van der Waals surface area (Å²) in [6.45, 7) is 0.335. The molecule has 1 N–H and O–H groups in total. The van der Waals surface area contributed by atoms with Crippen molar-refractivity contribution in [3.05, 3.63) is 36.4 Å². The fourth-order valence-corrected chi connectivity index (χ4v) is 3.62. The summed E-state index contributed by atoms with van der Waals surface area (Å²) >= 11 is 0. The van der Waals surface area contributed by atoms with Crippen molar-refractivity contribution >= 4 is 17.7 Å². The van der Waals surface area contributed by atoms with E-state index in [4.69, 9.17) is 9.47 Å². The maximum Gasteiger partial charge on any atom is 0.240 e. The Hall–Kier alpha value is -2.83. The molecule has 1 aromatic rings. The van der Waals surface area contributed by atoms with Crippen LogP contribution in [0.25, 0.3) is 0 Å². The number of allylic oxidation sites excluding steroid dienone is 2. The lowest BCUT2D eigenvalue weighted by atomic mass is 9.85. The van der Waals surface area contributed by atoms with E-state index in [0.29, 0.717) is 30.9 Å². The molecule has 0 saturated carbocycles. The number of nitrogens with zero attached hydrogens (tertiary/aromatic N) is 1. The first-order valence-electron chi connectivity index (χ1n) is 8.79. The van der Waals surface area contributed by atoms with Crippen molar-refractivity contribution in [3.63, 3.8) is 0 Å². The first-order valence-corrected chi connectivity index (χ1v) is 8.79. The molecule has 3 amide bonds. The number of fused-ring (bicyclic) bond motifs is 2. The Labute approximate surface area is 150 Å². The molecule has 0 unspecified atom stereocenters. The van der Waals surface area contributed by atoms with Crippen LogP contribution >= 0.6 is 0 Å². The average Bonchev–Trinajstić information content (AvgIpc) is 2.91. The minimum Gasteiger partial charge on any atom is -0.486 e. The molecule has 3 aliphatic rings. The molecule has 0 aromatic heterocycles. The second-order valence-corrected chi connectivity index (χ2v) is 6.72. The van der Waals surface area contributed by atoms with Crippen LogP contribution in [0.3, 0.4) is 0 Å². The van der Waals surface area contributed by atoms with Crippen LogP contribution in [-0.4, -0.2) is 48.4 Å². The quantitative estimate of drug-likeness (QED) is 0.640. The van der Waals surface area contributed by atoms with E-state index >= 15 is 0 Å². The number of hydrogen-bond acceptors (Lipinski definition) is 5. The Kier molecular flexibility index (Phi) is 4.36. The van der Waals surface area contributed by atoms with Gasteiger partial charge in [0.15, 0.2) is 11.5 Å². The van der Waals surface area contributed by atoms with Gasteiger partial charge in [0.25, 0.3) is 0 Å². The summed E-state index contributed by atoms with van der Waals surface area (Å²) in [7, 11) is 0. The van der Waals surface area contributed by atoms with Crippen molar-refractivity contribution in [1.82, 2.24) is 10.2 Å². The van der Waals surface area contributed by atoms with E-state index in [9.17, 15) is 14.4 Å². The molecule has 0 radical (unpaired) electrons. The summed E-state index contributed by atoms with van der Waals surface area (Å²) in [4.78, 5) is 38.1. The van der Waals surface area contributed by atoms with Crippen LogP contribution < -0.4 is 14.8 Å². The second-order valence-electron chi connectivity index (χ2n) is 6.72. The molecule has 1 fully saturated rings. The van der Waals surface area contributed by atoms with Gasteiger partial charge in [0.2, 0.25) is 17.7 Å². The van der Waals surface area contributed by atoms with E-state index in [1.807, 2.05) is 30.4 Å². The molecule has 7 heteroatoms. The van der Waals surface area contributed by atoms with Gasteiger partial charge in [0.1, 0.15) is 19.3 Å². The zero-order valence-corrected chi connectivity index (χ0v) is 14.2. The summed E-state index contributed by atoms with van der Waals surface area (Å²) in [5.74, 6) is -0.171. The molecular weight excluding hydrogens is 336 g/mol. The molecular formula is C19H20N2O5. The van der Waals surface area contributed by atoms with Crippen LogP contribution in [0, 0.1) is 11.8 Å². The first kappa shape index (κ1) is 16.6. The van der Waals surface area contributed by atoms with Gasteiger partial charge in [-0.05, 0) is 25.0 Å². The summed E-state index contributed by atoms with van der Waals surface area (Å²) in [5.41, 5.74) is 0. The number of para-hydroxylation sites is 2. The van der Waals surface area contributed by atoms with Gasteiger partial charge in [-0.25, -0.2) is 0 Å². The number of likely N-dealkylation sites (tertiary alicyclic amines) is 1. The molecule has 136 valence electrons. The third kappa shape index (κ3) is 3.05. The van der Waals surface area contributed by atoms with Gasteiger partial charge in [-0.15, -0.1) is 0 Å². The van der Waals surface area contributed by atoms with Crippen LogP contribution in [0.4, 0.5) is 0 Å². The largest absolute Gasteiger partial charge is 0.486 e. The van der Waals surface area contributed by atoms with Gasteiger partial charge >= 0.3 is 0 Å². The minimum atomic E-state index is -0.374. The van der Waals surface area contributed by atoms with E-state index in [2.05, 4.69) is 5.32 Å². The SMILES string of the molecule is O=C(CN1C(=O)[C@@H]2CC=CC[C@H]2C1=O)NC[C@H]1COc2ccccc2O1. The normalized spacial score (nSPS) is 26.6. The number of rotatable bonds is 4. The zero-order valence-electron chi connectivity index (χ0n) is 14.2. The number of imide groups is 1. The molecule has 1 saturated heterocycles. The Morgan fingerprint density at radius 3 is 2.42 bits per heavy atom. The minimum absolute atomic E-state index is 0.241. The predicted molar refractivity (Wildman–Crippen MR) is 91.4 cm³/mol. The Balaban J connectivity index is 1.30. The maximum absolute atomic E-state index is 12.4. The zero-order chi connectivity index (χ0) is 18.1. The van der Waals surface area contributed by atoms with Gasteiger partial charge in [-0.3, -0.25) is 19.3 Å². The first-order chi connectivity index (χ1) is 12.6. The van der Waals surface area contributed by atoms with Crippen molar-refractivity contribution < 1.29 is 23.9 Å². The number of benzene rings is 1. The number of carbonyl (C=O) groups excluding carboxylic acids is 3. The molecule has 1 aromatic carbocycles. The Morgan fingerprint density at radius 1 is 1.08 bits per heavy atom. The van der Waals surface area contributed by atoms with Crippen molar-refractivity contribution in [2.24, 2.45) is 11.8 Å². The van der Waals surface area contributed by atoms with Crippen molar-refractivity contribution in [2.45, 2.75) is 18.9 Å². The lowest BCUT2D eigenvalue weighted by Gasteiger charge is -2.26. The Bertz CT molecular complexity index is 749. The van der Waals surface area contributed by atoms with E-state index in [0.717, 1.165) is 4.90 Å². The van der Waals surface area contributed by atoms with Gasteiger partial charge in [0, 0.05) is 0 Å². The average molecular weight is 356 g/mol. The highest BCUT2D eigenvalue weighted by molar-refractivity contribution is 6.07. The number of amides is 3. The summed E-state index contributed by atoms with van der Waals surface area (Å²) < 4.78 is 11.4. The van der Waals surface area contributed by atoms with Crippen LogP contribution in [-0.2, 0) is 14.4 Å². The molecule has 26 heavy (non-hydrogen) atoms. The topological polar surface area (TPSA) is 84.9 Å². The van der Waals surface area contributed by atoms with Crippen LogP contribution in [0.5, 0.6) is 11.5 Å². The molecule has 4 rings (SSSR count). The highest BCUT2D eigenvalue weighted by atomic mass is 16.6. The summed E-state index contributed by atoms with van der Waals surface area (Å²) in [6.07, 6.45) is 4.67. The monoisotopic (exact) mass is 356 g/mol. The van der Waals surface area contributed by atoms with E-state index in [1.54, 1.807) is 6.07 Å². The van der Waals surface area contributed by atoms with Gasteiger partial charge in [-0.1, -0.05) is 24.3 Å². The fraction of sp³-hybridized carbons (Fsp3) is 0.421. The van der Waals surface area contributed by atoms with Crippen LogP contribution in [0.15, 0.2) is 36.4 Å². The van der Waals surface area contributed by atoms with Gasteiger partial charge in [-0.2, -0.15) is 0 Å². The van der Waals surface area contributed by atoms with Crippen LogP contribution in [0.1, 0.15) is 12.8 Å². The van der Waals surface area contributed by atoms with E-state index in [-0.39, 0.29) is 48.8 Å². The molecule has 0 bridgehead atoms. The summed E-state index contributed by atoms with van der Waals surface area (Å²) in [5, 5.41) is 2.73. The third-order valence-electron chi connectivity index (χ3n) is 5.00. The van der Waals surface area contributed by atoms with Crippen molar-refractivity contribution in [2.75, 3.05) is 19.7 Å². The lowest BCUT2D eigenvalue weighted by Crippen LogP contribution is -2.45. The Morgan fingerprint density at radius 2 is 1.73 bits per heavy atom. The summed E-state index contributed by atoms with van der Waals surface area (Å²) in [6, 6.07) is 7.34. The van der Waals surface area contributed by atoms with Crippen molar-refractivity contribution in [1.29, 1.82) is 0 Å². The highest BCUT2D eigenvalue weighted by Gasteiger charge is 2.47. The molecule has 2 aliphatic heterocycles. The number of hydrogen-bond donors (Lipinski definition) is 1. The predicted octanol–water partition coefficient (Wildman–Crippen LogP) is 0.894. The van der Waals surface area contributed by atoms with Crippen molar-refractivity contribution in [3.8, 4) is 11.5 Å². The number of carbonyl (C=O) groups is 3. The maximum atomic E-state index is 12.4. The molecule has 2 heterocycles. The number of nitrogens with one attached hydrogen (secondary N) is 1. The second kappa shape index (κ2) is 6.82. The lowest BCUT2D eigenvalue weighted by molar-refractivity contribution is -0.143. The third-order valence-corrected chi connectivity index (χ3v) is 5.00. The van der Waals surface area contributed by atoms with Gasteiger partial charge < -0.3 is 14.8 Å². The molecule has 7 nitrogen and oxygen atoms in total. The van der Waals surface area contributed by atoms with E-state index < -0.39 is 0 Å². The smallest absolute Gasteiger partial charge is 0.240 e. The number of ether oxygens (including phenoxy) is 2. The standard InChI is InChI=1S/C19H20N2O5/c22-17(10-21-18(23)13-5-1-2-6-14(13)19(21)24)20-9-12-11-25-15-7-3-4-8-16(15)26-12/h1-4,7-8,12-14H,5-6,9-11H2,(H,20,22)/t12-,13+,14+/m0/s1.